The van der Waals surface area contributed by atoms with E-state index < -0.39 is 97.5 Å². The zero-order valence-electron chi connectivity index (χ0n) is 58.4. The third-order valence-corrected chi connectivity index (χ3v) is 17.6. The van der Waals surface area contributed by atoms with Crippen molar-refractivity contribution in [1.29, 1.82) is 0 Å². The molecule has 0 radical (unpaired) electrons. The van der Waals surface area contributed by atoms with Crippen molar-refractivity contribution < 1.29 is 80.2 Å². The molecule has 0 aromatic heterocycles. The second-order valence-corrected chi connectivity index (χ2v) is 27.7. The fourth-order valence-corrected chi connectivity index (χ4v) is 11.6. The average molecular weight is 1340 g/mol. The normalized spacial score (nSPS) is 14.3. The van der Waals surface area contributed by atoms with Gasteiger partial charge in [0.1, 0.15) is 19.3 Å². The molecule has 92 heavy (non-hydrogen) atoms. The van der Waals surface area contributed by atoms with Crippen LogP contribution in [0.4, 0.5) is 0 Å². The number of allylic oxidation sites excluding steroid dienone is 8. The van der Waals surface area contributed by atoms with E-state index in [1.165, 1.54) is 103 Å². The van der Waals surface area contributed by atoms with E-state index >= 15 is 0 Å². The number of aliphatic hydroxyl groups excluding tert-OH is 1. The molecule has 0 aliphatic carbocycles. The van der Waals surface area contributed by atoms with E-state index in [1.807, 2.05) is 0 Å². The Morgan fingerprint density at radius 3 is 0.761 bits per heavy atom. The predicted molar refractivity (Wildman–Crippen MR) is 368 cm³/mol. The molecule has 0 bridgehead atoms. The van der Waals surface area contributed by atoms with Crippen molar-refractivity contribution in [2.45, 2.75) is 354 Å². The van der Waals surface area contributed by atoms with Gasteiger partial charge in [0.25, 0.3) is 15.6 Å². The summed E-state index contributed by atoms with van der Waals surface area (Å²) in [6.45, 7) is 4.40. The summed E-state index contributed by atoms with van der Waals surface area (Å²) in [7, 11) is -10.5. The number of phosphoric ester groups is 2. The molecule has 0 fully saturated rings. The van der Waals surface area contributed by atoms with Crippen LogP contribution in [0.2, 0.25) is 0 Å². The van der Waals surface area contributed by atoms with Crippen LogP contribution in [0.25, 0.3) is 0 Å². The molecule has 0 heterocycles. The van der Waals surface area contributed by atoms with Gasteiger partial charge in [0, 0.05) is 25.7 Å². The van der Waals surface area contributed by atoms with E-state index in [2.05, 4.69) is 76.3 Å². The van der Waals surface area contributed by atoms with E-state index in [4.69, 9.17) is 37.0 Å². The maximum absolute atomic E-state index is 13.0. The number of aliphatic hydroxyl groups is 1. The Bertz CT molecular complexity index is 1810. The minimum Gasteiger partial charge on any atom is -0.756 e. The quantitative estimate of drug-likeness (QED) is 0.0196. The SMILES string of the molecule is CCCCCC/C=C/CCCCCCCC(=O)OC[C@H](COP(=O)([O-])OCC(O)COP(=O)([O-])OC[C@@H](COC(=O)CCCCCCC/C=C/CCCCCC)OC(=O)CCCCCCC/C=C/CCCCCC)OC(=O)CCCCCCC/C=C/CCCCCC. The second kappa shape index (κ2) is 66.6. The van der Waals surface area contributed by atoms with Gasteiger partial charge in [-0.2, -0.15) is 0 Å². The van der Waals surface area contributed by atoms with E-state index in [9.17, 15) is 43.2 Å². The molecular formula is C73H132O17P2-2. The highest BCUT2D eigenvalue weighted by molar-refractivity contribution is 7.46. The van der Waals surface area contributed by atoms with Crippen LogP contribution in [-0.4, -0.2) is 86.9 Å². The van der Waals surface area contributed by atoms with Crippen molar-refractivity contribution >= 4 is 39.5 Å². The van der Waals surface area contributed by atoms with E-state index in [1.54, 1.807) is 0 Å². The number of ether oxygens (including phenoxy) is 4. The van der Waals surface area contributed by atoms with Crippen molar-refractivity contribution in [3.05, 3.63) is 48.6 Å². The number of unbranched alkanes of at least 4 members (excludes halogenated alkanes) is 36. The zero-order chi connectivity index (χ0) is 67.5. The first-order valence-corrected chi connectivity index (χ1v) is 39.8. The summed E-state index contributed by atoms with van der Waals surface area (Å²) in [5.74, 6) is -2.28. The molecule has 0 amide bonds. The molecule has 0 saturated heterocycles. The maximum Gasteiger partial charge on any atom is 0.306 e. The highest BCUT2D eigenvalue weighted by Crippen LogP contribution is 2.41. The Morgan fingerprint density at radius 1 is 0.304 bits per heavy atom. The number of esters is 4. The first-order chi connectivity index (χ1) is 44.7. The molecule has 0 aliphatic heterocycles. The molecule has 0 spiro atoms. The number of carbonyl (C=O) groups excluding carboxylic acids is 4. The summed E-state index contributed by atoms with van der Waals surface area (Å²) in [5.41, 5.74) is 0. The molecule has 19 heteroatoms. The van der Waals surface area contributed by atoms with Crippen LogP contribution >= 0.6 is 15.6 Å². The summed E-state index contributed by atoms with van der Waals surface area (Å²) in [6.07, 6.45) is 60.4. The lowest BCUT2D eigenvalue weighted by atomic mass is 10.1. The highest BCUT2D eigenvalue weighted by Gasteiger charge is 2.25. The lowest BCUT2D eigenvalue weighted by Gasteiger charge is -2.28. The summed E-state index contributed by atoms with van der Waals surface area (Å²) in [6, 6.07) is 0. The maximum atomic E-state index is 13.0. The van der Waals surface area contributed by atoms with Crippen molar-refractivity contribution in [2.75, 3.05) is 39.6 Å². The number of carbonyl (C=O) groups is 4. The molecule has 2 unspecified atom stereocenters. The average Bonchev–Trinajstić information content (AvgIpc) is 3.63. The van der Waals surface area contributed by atoms with Gasteiger partial charge < -0.3 is 51.9 Å². The standard InChI is InChI=1S/C73H134O17P2/c1-5-9-13-17-21-25-29-33-37-41-45-49-53-57-70(75)83-63-68(89-72(77)59-55-51-47-43-39-35-31-27-23-19-15-11-7-3)65-87-91(79,80)85-61-67(74)62-86-92(81,82)88-66-69(90-73(78)60-56-52-48-44-40-36-32-28-24-20-16-12-8-4)64-84-71(76)58-54-50-46-42-38-34-30-26-22-18-14-10-6-2/h25-32,67-69,74H,5-24,33-66H2,1-4H3,(H,79,80)(H,81,82)/p-2/b29-25+,30-26+,31-27+,32-28+/t68-,69-/m1/s1. The number of rotatable bonds is 70. The Labute approximate surface area is 559 Å². The zero-order valence-corrected chi connectivity index (χ0v) is 60.2. The smallest absolute Gasteiger partial charge is 0.306 e. The molecular weight excluding hydrogens is 1210 g/mol. The second-order valence-electron chi connectivity index (χ2n) is 24.8. The third-order valence-electron chi connectivity index (χ3n) is 15.7. The van der Waals surface area contributed by atoms with Crippen LogP contribution in [0.1, 0.15) is 336 Å². The lowest BCUT2D eigenvalue weighted by Crippen LogP contribution is -2.31. The predicted octanol–water partition coefficient (Wildman–Crippen LogP) is 19.3. The van der Waals surface area contributed by atoms with Crippen LogP contribution in [0, 0.1) is 0 Å². The minimum atomic E-state index is -5.23. The van der Waals surface area contributed by atoms with E-state index in [-0.39, 0.29) is 25.7 Å². The van der Waals surface area contributed by atoms with Crippen molar-refractivity contribution in [1.82, 2.24) is 0 Å². The molecule has 0 aliphatic rings. The molecule has 0 aromatic carbocycles. The van der Waals surface area contributed by atoms with E-state index in [0.717, 1.165) is 154 Å². The lowest BCUT2D eigenvalue weighted by molar-refractivity contribution is -0.233. The molecule has 538 valence electrons. The van der Waals surface area contributed by atoms with Crippen molar-refractivity contribution in [3.8, 4) is 0 Å². The summed E-state index contributed by atoms with van der Waals surface area (Å²) < 4.78 is 67.4. The molecule has 1 N–H and O–H groups in total. The third kappa shape index (κ3) is 65.7. The fourth-order valence-electron chi connectivity index (χ4n) is 10.0. The number of hydrogen-bond donors (Lipinski definition) is 1. The summed E-state index contributed by atoms with van der Waals surface area (Å²) in [5, 5.41) is 10.5. The molecule has 0 aromatic rings. The van der Waals surface area contributed by atoms with Gasteiger partial charge in [0.2, 0.25) is 0 Å². The van der Waals surface area contributed by atoms with Gasteiger partial charge in [0.05, 0.1) is 26.4 Å². The summed E-state index contributed by atoms with van der Waals surface area (Å²) >= 11 is 0. The van der Waals surface area contributed by atoms with Crippen molar-refractivity contribution in [3.63, 3.8) is 0 Å². The van der Waals surface area contributed by atoms with Crippen LogP contribution in [0.5, 0.6) is 0 Å². The van der Waals surface area contributed by atoms with Crippen LogP contribution in [-0.2, 0) is 65.4 Å². The van der Waals surface area contributed by atoms with Crippen molar-refractivity contribution in [2.24, 2.45) is 0 Å². The van der Waals surface area contributed by atoms with Gasteiger partial charge in [-0.05, 0) is 128 Å². The van der Waals surface area contributed by atoms with Gasteiger partial charge in [-0.25, -0.2) is 0 Å². The van der Waals surface area contributed by atoms with Gasteiger partial charge in [0.15, 0.2) is 12.2 Å². The van der Waals surface area contributed by atoms with Gasteiger partial charge in [-0.3, -0.25) is 28.3 Å². The monoisotopic (exact) mass is 1340 g/mol. The summed E-state index contributed by atoms with van der Waals surface area (Å²) in [4.78, 5) is 77.2. The first-order valence-electron chi connectivity index (χ1n) is 36.8. The van der Waals surface area contributed by atoms with Gasteiger partial charge in [-0.1, -0.05) is 230 Å². The highest BCUT2D eigenvalue weighted by atomic mass is 31.2. The minimum absolute atomic E-state index is 0.0669. The Balaban J connectivity index is 5.32. The van der Waals surface area contributed by atoms with Gasteiger partial charge in [-0.15, -0.1) is 0 Å². The van der Waals surface area contributed by atoms with E-state index in [0.29, 0.717) is 25.7 Å². The van der Waals surface area contributed by atoms with Crippen LogP contribution in [0.3, 0.4) is 0 Å². The molecule has 0 saturated carbocycles. The Hall–Kier alpha value is -2.98. The Kier molecular flexibility index (Phi) is 64.5. The number of phosphoric acid groups is 2. The fraction of sp³-hybridized carbons (Fsp3) is 0.836. The van der Waals surface area contributed by atoms with Crippen LogP contribution in [0.15, 0.2) is 48.6 Å². The number of hydrogen-bond acceptors (Lipinski definition) is 17. The first kappa shape index (κ1) is 89.0. The molecule has 4 atom stereocenters. The molecule has 0 rings (SSSR count). The largest absolute Gasteiger partial charge is 0.756 e. The Morgan fingerprint density at radius 2 is 0.511 bits per heavy atom. The van der Waals surface area contributed by atoms with Crippen LogP contribution < -0.4 is 9.79 Å². The van der Waals surface area contributed by atoms with Gasteiger partial charge >= 0.3 is 23.9 Å². The molecule has 17 nitrogen and oxygen atoms in total. The topological polar surface area (TPSA) is 243 Å².